The molecule has 3 rings (SSSR count). The summed E-state index contributed by atoms with van der Waals surface area (Å²) in [6.45, 7) is 7.40. The summed E-state index contributed by atoms with van der Waals surface area (Å²) in [5, 5.41) is 2.84. The predicted octanol–water partition coefficient (Wildman–Crippen LogP) is 4.16. The van der Waals surface area contributed by atoms with Crippen LogP contribution in [-0.4, -0.2) is 50.6 Å². The Kier molecular flexibility index (Phi) is 7.69. The van der Waals surface area contributed by atoms with Gasteiger partial charge in [-0.25, -0.2) is 8.42 Å². The van der Waals surface area contributed by atoms with Gasteiger partial charge in [0.05, 0.1) is 10.5 Å². The molecule has 0 aromatic heterocycles. The lowest BCUT2D eigenvalue weighted by Gasteiger charge is -2.31. The monoisotopic (exact) mass is 457 g/mol. The number of hydrogen-bond acceptors (Lipinski definition) is 5. The highest BCUT2D eigenvalue weighted by Crippen LogP contribution is 2.29. The lowest BCUT2D eigenvalue weighted by atomic mass is 10.1. The summed E-state index contributed by atoms with van der Waals surface area (Å²) < 4.78 is 27.5. The largest absolute Gasteiger partial charge is 0.371 e. The molecule has 1 heterocycles. The Morgan fingerprint density at radius 2 is 1.69 bits per heavy atom. The molecule has 1 aliphatic heterocycles. The molecular formula is C24H31N3O4S. The van der Waals surface area contributed by atoms with Gasteiger partial charge in [-0.2, -0.15) is 4.31 Å². The fourth-order valence-electron chi connectivity index (χ4n) is 4.00. The fraction of sp³-hybridized carbons (Fsp3) is 0.417. The summed E-state index contributed by atoms with van der Waals surface area (Å²) >= 11 is 0. The minimum Gasteiger partial charge on any atom is -0.371 e. The number of carbonyl (C=O) groups is 2. The van der Waals surface area contributed by atoms with Crippen LogP contribution >= 0.6 is 0 Å². The van der Waals surface area contributed by atoms with Crippen molar-refractivity contribution in [3.8, 4) is 0 Å². The average Bonchev–Trinajstić information content (AvgIpc) is 2.80. The number of amides is 1. The van der Waals surface area contributed by atoms with E-state index in [2.05, 4.69) is 10.2 Å². The number of sulfonamides is 1. The van der Waals surface area contributed by atoms with Crippen LogP contribution in [0.1, 0.15) is 60.7 Å². The van der Waals surface area contributed by atoms with Gasteiger partial charge in [0.2, 0.25) is 10.0 Å². The van der Waals surface area contributed by atoms with Crippen molar-refractivity contribution < 1.29 is 18.0 Å². The van der Waals surface area contributed by atoms with Gasteiger partial charge in [-0.05, 0) is 56.5 Å². The van der Waals surface area contributed by atoms with Crippen molar-refractivity contribution in [2.45, 2.75) is 44.9 Å². The number of nitrogens with one attached hydrogen (secondary N) is 1. The summed E-state index contributed by atoms with van der Waals surface area (Å²) in [5.41, 5.74) is 2.03. The number of anilines is 2. The van der Waals surface area contributed by atoms with Crippen molar-refractivity contribution in [2.75, 3.05) is 36.4 Å². The summed E-state index contributed by atoms with van der Waals surface area (Å²) in [5.74, 6) is -0.495. The molecule has 0 saturated carbocycles. The van der Waals surface area contributed by atoms with E-state index in [1.165, 1.54) is 17.3 Å². The molecule has 32 heavy (non-hydrogen) atoms. The van der Waals surface area contributed by atoms with Crippen molar-refractivity contribution in [1.82, 2.24) is 4.31 Å². The second kappa shape index (κ2) is 10.3. The molecule has 0 spiro atoms. The lowest BCUT2D eigenvalue weighted by Crippen LogP contribution is -2.33. The van der Waals surface area contributed by atoms with Gasteiger partial charge in [0.25, 0.3) is 5.91 Å². The van der Waals surface area contributed by atoms with Crippen molar-refractivity contribution >= 4 is 33.1 Å². The third-order valence-corrected chi connectivity index (χ3v) is 7.83. The lowest BCUT2D eigenvalue weighted by molar-refractivity contribution is 0.101. The molecule has 1 fully saturated rings. The summed E-state index contributed by atoms with van der Waals surface area (Å²) in [7, 11) is -3.71. The van der Waals surface area contributed by atoms with E-state index in [9.17, 15) is 18.0 Å². The van der Waals surface area contributed by atoms with Gasteiger partial charge in [0.1, 0.15) is 0 Å². The molecule has 7 nitrogen and oxygen atoms in total. The minimum atomic E-state index is -3.71. The third kappa shape index (κ3) is 5.19. The summed E-state index contributed by atoms with van der Waals surface area (Å²) in [4.78, 5) is 27.3. The standard InChI is InChI=1S/C24H31N3O4S/c1-4-27(5-2)32(30,31)21-12-13-23(26-14-7-6-8-15-26)22(17-21)24(29)25-20-11-9-10-19(16-20)18(3)28/h9-13,16-17H,4-8,14-15H2,1-3H3,(H,25,29). The zero-order valence-corrected chi connectivity index (χ0v) is 19.7. The first-order chi connectivity index (χ1) is 15.3. The molecular weight excluding hydrogens is 426 g/mol. The Labute approximate surface area is 190 Å². The van der Waals surface area contributed by atoms with E-state index in [4.69, 9.17) is 0 Å². The maximum absolute atomic E-state index is 13.3. The zero-order valence-electron chi connectivity index (χ0n) is 18.9. The number of hydrogen-bond donors (Lipinski definition) is 1. The van der Waals surface area contributed by atoms with Crippen LogP contribution in [0.2, 0.25) is 0 Å². The molecule has 0 unspecified atom stereocenters. The first kappa shape index (κ1) is 23.9. The van der Waals surface area contributed by atoms with E-state index in [0.29, 0.717) is 29.9 Å². The van der Waals surface area contributed by atoms with Crippen LogP contribution in [-0.2, 0) is 10.0 Å². The maximum atomic E-state index is 13.3. The van der Waals surface area contributed by atoms with E-state index in [-0.39, 0.29) is 10.7 Å². The van der Waals surface area contributed by atoms with Gasteiger partial charge in [0.15, 0.2) is 5.78 Å². The number of ketones is 1. The molecule has 0 atom stereocenters. The Bertz CT molecular complexity index is 1090. The van der Waals surface area contributed by atoms with Gasteiger partial charge >= 0.3 is 0 Å². The Morgan fingerprint density at radius 1 is 1.00 bits per heavy atom. The SMILES string of the molecule is CCN(CC)S(=O)(=O)c1ccc(N2CCCCC2)c(C(=O)Nc2cccc(C(C)=O)c2)c1. The number of piperidine rings is 1. The van der Waals surface area contributed by atoms with E-state index < -0.39 is 15.9 Å². The average molecular weight is 458 g/mol. The first-order valence-corrected chi connectivity index (χ1v) is 12.5. The van der Waals surface area contributed by atoms with Gasteiger partial charge in [-0.15, -0.1) is 0 Å². The van der Waals surface area contributed by atoms with Crippen molar-refractivity contribution in [1.29, 1.82) is 0 Å². The van der Waals surface area contributed by atoms with E-state index in [1.807, 2.05) is 0 Å². The number of rotatable bonds is 8. The highest BCUT2D eigenvalue weighted by Gasteiger charge is 2.26. The van der Waals surface area contributed by atoms with Crippen LogP contribution in [0.25, 0.3) is 0 Å². The number of Topliss-reactive ketones (excluding diaryl/α,β-unsaturated/α-hetero) is 1. The van der Waals surface area contributed by atoms with Crippen LogP contribution < -0.4 is 10.2 Å². The minimum absolute atomic E-state index is 0.0950. The normalized spacial score (nSPS) is 14.4. The molecule has 0 bridgehead atoms. The fourth-order valence-corrected chi connectivity index (χ4v) is 5.48. The molecule has 1 N–H and O–H groups in total. The van der Waals surface area contributed by atoms with E-state index in [1.54, 1.807) is 50.2 Å². The van der Waals surface area contributed by atoms with Gasteiger partial charge < -0.3 is 10.2 Å². The molecule has 0 aliphatic carbocycles. The quantitative estimate of drug-likeness (QED) is 0.602. The number of benzene rings is 2. The Hall–Kier alpha value is -2.71. The molecule has 1 saturated heterocycles. The predicted molar refractivity (Wildman–Crippen MR) is 127 cm³/mol. The highest BCUT2D eigenvalue weighted by molar-refractivity contribution is 7.89. The second-order valence-electron chi connectivity index (χ2n) is 7.91. The summed E-state index contributed by atoms with van der Waals surface area (Å²) in [6.07, 6.45) is 3.20. The van der Waals surface area contributed by atoms with Crippen LogP contribution in [0.15, 0.2) is 47.4 Å². The van der Waals surface area contributed by atoms with Gasteiger partial charge in [-0.3, -0.25) is 9.59 Å². The molecule has 1 amide bonds. The van der Waals surface area contributed by atoms with E-state index in [0.717, 1.165) is 38.0 Å². The van der Waals surface area contributed by atoms with Gasteiger partial charge in [-0.1, -0.05) is 26.0 Å². The Balaban J connectivity index is 2.02. The topological polar surface area (TPSA) is 86.8 Å². The van der Waals surface area contributed by atoms with Crippen LogP contribution in [0.5, 0.6) is 0 Å². The van der Waals surface area contributed by atoms with Crippen molar-refractivity contribution in [3.05, 3.63) is 53.6 Å². The maximum Gasteiger partial charge on any atom is 0.257 e. The molecule has 172 valence electrons. The second-order valence-corrected chi connectivity index (χ2v) is 9.85. The molecule has 0 radical (unpaired) electrons. The molecule has 8 heteroatoms. The van der Waals surface area contributed by atoms with Crippen molar-refractivity contribution in [2.24, 2.45) is 0 Å². The van der Waals surface area contributed by atoms with Crippen molar-refractivity contribution in [3.63, 3.8) is 0 Å². The first-order valence-electron chi connectivity index (χ1n) is 11.1. The number of nitrogens with zero attached hydrogens (tertiary/aromatic N) is 2. The van der Waals surface area contributed by atoms with E-state index >= 15 is 0 Å². The molecule has 2 aromatic rings. The van der Waals surface area contributed by atoms with Crippen LogP contribution in [0.4, 0.5) is 11.4 Å². The number of carbonyl (C=O) groups excluding carboxylic acids is 2. The third-order valence-electron chi connectivity index (χ3n) is 5.78. The highest BCUT2D eigenvalue weighted by atomic mass is 32.2. The van der Waals surface area contributed by atoms with Crippen LogP contribution in [0, 0.1) is 0 Å². The molecule has 2 aromatic carbocycles. The summed E-state index contributed by atoms with van der Waals surface area (Å²) in [6, 6.07) is 11.5. The Morgan fingerprint density at radius 3 is 2.31 bits per heavy atom. The smallest absolute Gasteiger partial charge is 0.257 e. The zero-order chi connectivity index (χ0) is 23.3. The molecule has 1 aliphatic rings. The van der Waals surface area contributed by atoms with Gasteiger partial charge in [0, 0.05) is 43.1 Å². The van der Waals surface area contributed by atoms with Crippen LogP contribution in [0.3, 0.4) is 0 Å².